The molecule has 272 valence electrons. The summed E-state index contributed by atoms with van der Waals surface area (Å²) in [7, 11) is 1.74. The van der Waals surface area contributed by atoms with Gasteiger partial charge in [-0.25, -0.2) is 14.8 Å². The van der Waals surface area contributed by atoms with Gasteiger partial charge in [-0.05, 0) is 57.9 Å². The minimum atomic E-state index is -4.62. The molecule has 51 heavy (non-hydrogen) atoms. The zero-order chi connectivity index (χ0) is 36.2. The number of carbonyl (C=O) groups excluding carboxylic acids is 3. The number of ether oxygens (including phenoxy) is 1. The molecule has 0 aromatic carbocycles. The first-order chi connectivity index (χ1) is 24.2. The summed E-state index contributed by atoms with van der Waals surface area (Å²) in [5.41, 5.74) is -0.713. The van der Waals surface area contributed by atoms with Crippen molar-refractivity contribution in [1.29, 1.82) is 0 Å². The van der Waals surface area contributed by atoms with Crippen molar-refractivity contribution >= 4 is 40.4 Å². The number of hydrogen-bond acceptors (Lipinski definition) is 9. The molecule has 3 aromatic rings. The number of alkyl halides is 3. The van der Waals surface area contributed by atoms with Gasteiger partial charge in [0.25, 0.3) is 0 Å². The molecule has 6 atom stereocenters. The Morgan fingerprint density at radius 3 is 2.57 bits per heavy atom. The van der Waals surface area contributed by atoms with Gasteiger partial charge in [-0.2, -0.15) is 18.2 Å². The van der Waals surface area contributed by atoms with Gasteiger partial charge in [-0.15, -0.1) is 22.7 Å². The SMILES string of the molecule is Cc1cc(-c2cc(O[C@H]3CCN4C(=O)N(C)CCCC/C=C/[C@@H]5C[C@@]5(C(=O)C5CC5C)NC(=O)[C@@H]4C3)nc(-c3nc(C(F)(F)F)cs3)n2)c(C)s1. The number of aromatic nitrogens is 3. The topological polar surface area (TPSA) is 118 Å². The Labute approximate surface area is 302 Å². The lowest BCUT2D eigenvalue weighted by Crippen LogP contribution is -2.60. The van der Waals surface area contributed by atoms with Gasteiger partial charge in [0.15, 0.2) is 22.3 Å². The maximum atomic E-state index is 14.3. The molecule has 3 fully saturated rings. The van der Waals surface area contributed by atoms with E-state index in [-0.39, 0.29) is 59.2 Å². The monoisotopic (exact) mass is 742 g/mol. The van der Waals surface area contributed by atoms with Crippen LogP contribution in [0.2, 0.25) is 0 Å². The van der Waals surface area contributed by atoms with Gasteiger partial charge < -0.3 is 19.9 Å². The third kappa shape index (κ3) is 7.28. The van der Waals surface area contributed by atoms with Crippen LogP contribution < -0.4 is 10.1 Å². The number of thiazole rings is 1. The second-order valence-corrected chi connectivity index (χ2v) is 16.7. The molecule has 10 nitrogen and oxygen atoms in total. The van der Waals surface area contributed by atoms with E-state index in [1.54, 1.807) is 34.3 Å². The molecule has 15 heteroatoms. The lowest BCUT2D eigenvalue weighted by molar-refractivity contribution is -0.140. The number of amides is 3. The number of thiophene rings is 1. The first-order valence-corrected chi connectivity index (χ1v) is 19.1. The number of rotatable bonds is 6. The average molecular weight is 743 g/mol. The highest BCUT2D eigenvalue weighted by Crippen LogP contribution is 2.53. The van der Waals surface area contributed by atoms with Crippen molar-refractivity contribution in [3.63, 3.8) is 0 Å². The minimum absolute atomic E-state index is 0.000444. The van der Waals surface area contributed by atoms with E-state index in [4.69, 9.17) is 4.74 Å². The van der Waals surface area contributed by atoms with Gasteiger partial charge >= 0.3 is 12.2 Å². The third-order valence-electron chi connectivity index (χ3n) is 10.5. The third-order valence-corrected chi connectivity index (χ3v) is 12.3. The summed E-state index contributed by atoms with van der Waals surface area (Å²) >= 11 is 2.37. The predicted molar refractivity (Wildman–Crippen MR) is 187 cm³/mol. The highest BCUT2D eigenvalue weighted by molar-refractivity contribution is 7.13. The molecule has 2 saturated carbocycles. The number of aryl methyl sites for hydroxylation is 2. The summed E-state index contributed by atoms with van der Waals surface area (Å²) in [6.07, 6.45) is 3.40. The van der Waals surface area contributed by atoms with Gasteiger partial charge in [0.1, 0.15) is 17.7 Å². The molecule has 7 rings (SSSR count). The molecular formula is C36H41F3N6O4S2. The summed E-state index contributed by atoms with van der Waals surface area (Å²) in [5, 5.41) is 4.07. The number of ketones is 1. The fourth-order valence-electron chi connectivity index (χ4n) is 7.32. The zero-order valence-corrected chi connectivity index (χ0v) is 30.6. The summed E-state index contributed by atoms with van der Waals surface area (Å²) in [4.78, 5) is 59.9. The molecule has 1 N–H and O–H groups in total. The first kappa shape index (κ1) is 35.5. The van der Waals surface area contributed by atoms with E-state index in [1.165, 1.54) is 0 Å². The quantitative estimate of drug-likeness (QED) is 0.269. The van der Waals surface area contributed by atoms with Crippen LogP contribution in [0.4, 0.5) is 18.0 Å². The van der Waals surface area contributed by atoms with E-state index in [0.29, 0.717) is 25.1 Å². The number of urea groups is 1. The van der Waals surface area contributed by atoms with Crippen LogP contribution in [0.1, 0.15) is 67.3 Å². The van der Waals surface area contributed by atoms with Crippen LogP contribution in [-0.4, -0.2) is 80.3 Å². The molecule has 5 heterocycles. The van der Waals surface area contributed by atoms with Gasteiger partial charge in [-0.1, -0.05) is 19.1 Å². The Balaban J connectivity index is 1.19. The zero-order valence-electron chi connectivity index (χ0n) is 29.0. The Kier molecular flexibility index (Phi) is 9.48. The van der Waals surface area contributed by atoms with E-state index in [1.807, 2.05) is 26.8 Å². The molecular weight excluding hydrogens is 702 g/mol. The summed E-state index contributed by atoms with van der Waals surface area (Å²) in [6, 6.07) is 2.44. The van der Waals surface area contributed by atoms with Crippen LogP contribution in [0.15, 0.2) is 29.7 Å². The number of nitrogens with one attached hydrogen (secondary N) is 1. The Hall–Kier alpha value is -3.85. The van der Waals surface area contributed by atoms with Crippen molar-refractivity contribution in [2.75, 3.05) is 20.1 Å². The van der Waals surface area contributed by atoms with Crippen LogP contribution in [0, 0.1) is 31.6 Å². The van der Waals surface area contributed by atoms with Crippen molar-refractivity contribution in [3.05, 3.63) is 45.1 Å². The second kappa shape index (κ2) is 13.6. The largest absolute Gasteiger partial charge is 0.474 e. The van der Waals surface area contributed by atoms with Gasteiger partial charge in [0.05, 0.1) is 5.69 Å². The van der Waals surface area contributed by atoms with Crippen LogP contribution in [0.25, 0.3) is 22.1 Å². The minimum Gasteiger partial charge on any atom is -0.474 e. The average Bonchev–Trinajstić information content (AvgIpc) is 3.84. The molecule has 1 saturated heterocycles. The maximum Gasteiger partial charge on any atom is 0.434 e. The van der Waals surface area contributed by atoms with Gasteiger partial charge in [0.2, 0.25) is 11.8 Å². The molecule has 2 aliphatic heterocycles. The molecule has 2 unspecified atom stereocenters. The van der Waals surface area contributed by atoms with E-state index in [2.05, 4.69) is 32.4 Å². The summed E-state index contributed by atoms with van der Waals surface area (Å²) < 4.78 is 46.8. The number of nitrogens with zero attached hydrogens (tertiary/aromatic N) is 5. The normalized spacial score (nSPS) is 29.0. The summed E-state index contributed by atoms with van der Waals surface area (Å²) in [6.45, 7) is 6.72. The standard InChI is InChI=1S/C36H41F3N6O4S2/c1-19-13-24(19)30(46)35-17-22(35)9-7-5-6-8-11-44(4)34(48)45-12-10-23(15-27(45)32(47)43-35)49-29-16-26(25-14-20(2)51-21(25)3)40-31(42-29)33-41-28(18-50-33)36(37,38)39/h7,9,14,16,18-19,22-24,27H,5-6,8,10-13,15,17H2,1-4H3,(H,43,47)/b9-7+/t19?,22-,23+,24?,27+,35-/m1/s1. The molecule has 4 aliphatic rings. The van der Waals surface area contributed by atoms with Gasteiger partial charge in [-0.3, -0.25) is 9.59 Å². The maximum absolute atomic E-state index is 14.3. The number of allylic oxidation sites excluding steroid dienone is 1. The van der Waals surface area contributed by atoms with E-state index < -0.39 is 35.5 Å². The number of Topliss-reactive ketones (excluding diaryl/α,β-unsaturated/α-hetero) is 1. The highest BCUT2D eigenvalue weighted by atomic mass is 32.1. The lowest BCUT2D eigenvalue weighted by atomic mass is 9.96. The van der Waals surface area contributed by atoms with Crippen LogP contribution >= 0.6 is 22.7 Å². The van der Waals surface area contributed by atoms with E-state index >= 15 is 0 Å². The van der Waals surface area contributed by atoms with Crippen molar-refractivity contribution in [2.45, 2.75) is 89.6 Å². The van der Waals surface area contributed by atoms with Crippen molar-refractivity contribution < 1.29 is 32.3 Å². The number of halogens is 3. The van der Waals surface area contributed by atoms with Crippen LogP contribution in [0.3, 0.4) is 0 Å². The Morgan fingerprint density at radius 1 is 1.10 bits per heavy atom. The van der Waals surface area contributed by atoms with Crippen molar-refractivity contribution in [1.82, 2.24) is 30.1 Å². The smallest absolute Gasteiger partial charge is 0.434 e. The number of carbonyl (C=O) groups is 3. The van der Waals surface area contributed by atoms with E-state index in [0.717, 1.165) is 57.7 Å². The number of hydrogen-bond donors (Lipinski definition) is 1. The molecule has 0 radical (unpaired) electrons. The Bertz CT molecular complexity index is 1880. The predicted octanol–water partition coefficient (Wildman–Crippen LogP) is 7.07. The number of fused-ring (bicyclic) bond motifs is 2. The fraction of sp³-hybridized carbons (Fsp3) is 0.556. The number of piperidine rings is 1. The highest BCUT2D eigenvalue weighted by Gasteiger charge is 2.64. The molecule has 2 aliphatic carbocycles. The molecule has 3 aromatic heterocycles. The van der Waals surface area contributed by atoms with Crippen molar-refractivity contribution in [2.24, 2.45) is 17.8 Å². The first-order valence-electron chi connectivity index (χ1n) is 17.4. The molecule has 3 amide bonds. The molecule has 0 bridgehead atoms. The fourth-order valence-corrected chi connectivity index (χ4v) is 9.01. The van der Waals surface area contributed by atoms with E-state index in [9.17, 15) is 27.6 Å². The second-order valence-electron chi connectivity index (χ2n) is 14.3. The van der Waals surface area contributed by atoms with Gasteiger partial charge in [0, 0.05) is 71.6 Å². The lowest BCUT2D eigenvalue weighted by Gasteiger charge is -2.40. The van der Waals surface area contributed by atoms with Crippen LogP contribution in [0.5, 0.6) is 5.88 Å². The Morgan fingerprint density at radius 2 is 1.88 bits per heavy atom. The summed E-state index contributed by atoms with van der Waals surface area (Å²) in [5.74, 6) is -0.0651. The van der Waals surface area contributed by atoms with Crippen LogP contribution in [-0.2, 0) is 15.8 Å². The van der Waals surface area contributed by atoms with Crippen molar-refractivity contribution in [3.8, 4) is 28.0 Å². The molecule has 0 spiro atoms.